The van der Waals surface area contributed by atoms with E-state index < -0.39 is 6.10 Å². The fourth-order valence-electron chi connectivity index (χ4n) is 1.01. The molecule has 1 aromatic rings. The van der Waals surface area contributed by atoms with Gasteiger partial charge in [-0.15, -0.1) is 0 Å². The molecule has 1 aromatic carbocycles. The summed E-state index contributed by atoms with van der Waals surface area (Å²) in [5.74, 6) is 0. The van der Waals surface area contributed by atoms with Crippen molar-refractivity contribution in [2.45, 2.75) is 19.6 Å². The number of aliphatic hydroxyl groups excluding tert-OH is 2. The number of halogens is 1. The first-order valence-corrected chi connectivity index (χ1v) is 4.10. The highest BCUT2D eigenvalue weighted by molar-refractivity contribution is 6.31. The highest BCUT2D eigenvalue weighted by atomic mass is 35.5. The fraction of sp³-hybridized carbons (Fsp3) is 0.333. The van der Waals surface area contributed by atoms with E-state index in [0.29, 0.717) is 10.6 Å². The molecule has 0 aliphatic heterocycles. The molecule has 0 radical (unpaired) electrons. The first-order valence-electron chi connectivity index (χ1n) is 3.72. The van der Waals surface area contributed by atoms with Gasteiger partial charge in [-0.1, -0.05) is 23.7 Å². The van der Waals surface area contributed by atoms with Crippen molar-refractivity contribution in [1.82, 2.24) is 0 Å². The van der Waals surface area contributed by atoms with E-state index in [1.165, 1.54) is 0 Å². The second-order valence-corrected chi connectivity index (χ2v) is 3.10. The molecule has 0 saturated heterocycles. The van der Waals surface area contributed by atoms with Crippen molar-refractivity contribution >= 4 is 11.6 Å². The lowest BCUT2D eigenvalue weighted by Gasteiger charge is -2.07. The Morgan fingerprint density at radius 2 is 2.17 bits per heavy atom. The summed E-state index contributed by atoms with van der Waals surface area (Å²) in [5, 5.41) is 18.5. The van der Waals surface area contributed by atoms with Crippen LogP contribution in [0.5, 0.6) is 0 Å². The molecule has 0 fully saturated rings. The molecular weight excluding hydrogens is 176 g/mol. The van der Waals surface area contributed by atoms with Crippen LogP contribution in [0.25, 0.3) is 0 Å². The Labute approximate surface area is 76.4 Å². The molecule has 1 atom stereocenters. The summed E-state index contributed by atoms with van der Waals surface area (Å²) in [6, 6.07) is 5.12. The van der Waals surface area contributed by atoms with Crippen LogP contribution in [-0.2, 0) is 6.61 Å². The Morgan fingerprint density at radius 3 is 2.58 bits per heavy atom. The largest absolute Gasteiger partial charge is 0.392 e. The Balaban J connectivity index is 3.03. The minimum Gasteiger partial charge on any atom is -0.392 e. The molecule has 66 valence electrons. The van der Waals surface area contributed by atoms with Crippen LogP contribution in [0.2, 0.25) is 5.02 Å². The van der Waals surface area contributed by atoms with Crippen LogP contribution in [0.3, 0.4) is 0 Å². The Morgan fingerprint density at radius 1 is 1.50 bits per heavy atom. The summed E-state index contributed by atoms with van der Waals surface area (Å²) in [7, 11) is 0. The first kappa shape index (κ1) is 9.52. The molecule has 0 bridgehead atoms. The van der Waals surface area contributed by atoms with Gasteiger partial charge in [0.2, 0.25) is 0 Å². The van der Waals surface area contributed by atoms with Crippen molar-refractivity contribution in [1.29, 1.82) is 0 Å². The van der Waals surface area contributed by atoms with E-state index in [4.69, 9.17) is 16.7 Å². The third-order valence-corrected chi connectivity index (χ3v) is 2.02. The zero-order chi connectivity index (χ0) is 9.14. The monoisotopic (exact) mass is 186 g/mol. The minimum atomic E-state index is -0.565. The van der Waals surface area contributed by atoms with Gasteiger partial charge in [0.15, 0.2) is 0 Å². The molecular formula is C9H11ClO2. The number of hydrogen-bond donors (Lipinski definition) is 2. The number of hydrogen-bond acceptors (Lipinski definition) is 2. The molecule has 2 N–H and O–H groups in total. The number of benzene rings is 1. The molecule has 0 spiro atoms. The van der Waals surface area contributed by atoms with Crippen molar-refractivity contribution in [3.8, 4) is 0 Å². The van der Waals surface area contributed by atoms with Gasteiger partial charge >= 0.3 is 0 Å². The molecule has 2 nitrogen and oxygen atoms in total. The standard InChI is InChI=1S/C9H11ClO2/c1-6(12)8-3-2-7(5-11)4-9(8)10/h2-4,6,11-12H,5H2,1H3/t6-/m0/s1. The van der Waals surface area contributed by atoms with E-state index >= 15 is 0 Å². The van der Waals surface area contributed by atoms with Gasteiger partial charge in [-0.2, -0.15) is 0 Å². The quantitative estimate of drug-likeness (QED) is 0.741. The van der Waals surface area contributed by atoms with Crippen molar-refractivity contribution < 1.29 is 10.2 Å². The van der Waals surface area contributed by atoms with E-state index in [1.807, 2.05) is 0 Å². The summed E-state index contributed by atoms with van der Waals surface area (Å²) >= 11 is 5.83. The lowest BCUT2D eigenvalue weighted by atomic mass is 10.1. The van der Waals surface area contributed by atoms with E-state index in [2.05, 4.69) is 0 Å². The average molecular weight is 187 g/mol. The molecule has 3 heteroatoms. The average Bonchev–Trinajstić information content (AvgIpc) is 2.03. The predicted octanol–water partition coefficient (Wildman–Crippen LogP) is 1.89. The highest BCUT2D eigenvalue weighted by Crippen LogP contribution is 2.23. The van der Waals surface area contributed by atoms with Crippen molar-refractivity contribution in [3.05, 3.63) is 34.3 Å². The van der Waals surface area contributed by atoms with Crippen LogP contribution < -0.4 is 0 Å². The summed E-state index contributed by atoms with van der Waals surface area (Å²) in [6.07, 6.45) is -0.565. The summed E-state index contributed by atoms with van der Waals surface area (Å²) in [5.41, 5.74) is 1.44. The van der Waals surface area contributed by atoms with Gasteiger partial charge in [-0.3, -0.25) is 0 Å². The van der Waals surface area contributed by atoms with Gasteiger partial charge in [-0.05, 0) is 24.1 Å². The highest BCUT2D eigenvalue weighted by Gasteiger charge is 2.05. The SMILES string of the molecule is C[C@H](O)c1ccc(CO)cc1Cl. The Hall–Kier alpha value is -0.570. The van der Waals surface area contributed by atoms with Crippen LogP contribution >= 0.6 is 11.6 Å². The van der Waals surface area contributed by atoms with Gasteiger partial charge in [0.25, 0.3) is 0 Å². The molecule has 0 amide bonds. The summed E-state index contributed by atoms with van der Waals surface area (Å²) in [6.45, 7) is 1.62. The van der Waals surface area contributed by atoms with Crippen LogP contribution in [0.15, 0.2) is 18.2 Å². The Kier molecular flexibility index (Phi) is 3.09. The first-order chi connectivity index (χ1) is 5.65. The molecule has 0 heterocycles. The van der Waals surface area contributed by atoms with E-state index in [0.717, 1.165) is 5.56 Å². The topological polar surface area (TPSA) is 40.5 Å². The normalized spacial score (nSPS) is 13.0. The van der Waals surface area contributed by atoms with E-state index in [1.54, 1.807) is 25.1 Å². The molecule has 0 unspecified atom stereocenters. The van der Waals surface area contributed by atoms with Gasteiger partial charge < -0.3 is 10.2 Å². The van der Waals surface area contributed by atoms with Gasteiger partial charge in [-0.25, -0.2) is 0 Å². The van der Waals surface area contributed by atoms with Gasteiger partial charge in [0, 0.05) is 5.02 Å². The fourth-order valence-corrected chi connectivity index (χ4v) is 1.37. The molecule has 0 aliphatic rings. The minimum absolute atomic E-state index is 0.0280. The molecule has 12 heavy (non-hydrogen) atoms. The van der Waals surface area contributed by atoms with Crippen LogP contribution in [-0.4, -0.2) is 10.2 Å². The van der Waals surface area contributed by atoms with Crippen molar-refractivity contribution in [2.75, 3.05) is 0 Å². The zero-order valence-electron chi connectivity index (χ0n) is 6.79. The van der Waals surface area contributed by atoms with Gasteiger partial charge in [0.05, 0.1) is 12.7 Å². The van der Waals surface area contributed by atoms with Crippen molar-refractivity contribution in [3.63, 3.8) is 0 Å². The van der Waals surface area contributed by atoms with Crippen LogP contribution in [0, 0.1) is 0 Å². The molecule has 0 saturated carbocycles. The maximum absolute atomic E-state index is 9.22. The second kappa shape index (κ2) is 3.90. The molecule has 0 aliphatic carbocycles. The van der Waals surface area contributed by atoms with Crippen LogP contribution in [0.4, 0.5) is 0 Å². The third kappa shape index (κ3) is 1.97. The Bertz CT molecular complexity index is 271. The maximum atomic E-state index is 9.22. The lowest BCUT2D eigenvalue weighted by Crippen LogP contribution is -1.93. The summed E-state index contributed by atoms with van der Waals surface area (Å²) in [4.78, 5) is 0. The maximum Gasteiger partial charge on any atom is 0.0776 e. The zero-order valence-corrected chi connectivity index (χ0v) is 7.54. The number of aliphatic hydroxyl groups is 2. The number of rotatable bonds is 2. The predicted molar refractivity (Wildman–Crippen MR) is 48.0 cm³/mol. The van der Waals surface area contributed by atoms with E-state index in [9.17, 15) is 5.11 Å². The molecule has 0 aromatic heterocycles. The van der Waals surface area contributed by atoms with Crippen LogP contribution in [0.1, 0.15) is 24.2 Å². The van der Waals surface area contributed by atoms with Gasteiger partial charge in [0.1, 0.15) is 0 Å². The lowest BCUT2D eigenvalue weighted by molar-refractivity contribution is 0.199. The second-order valence-electron chi connectivity index (χ2n) is 2.69. The molecule has 1 rings (SSSR count). The van der Waals surface area contributed by atoms with E-state index in [-0.39, 0.29) is 6.61 Å². The summed E-state index contributed by atoms with van der Waals surface area (Å²) < 4.78 is 0. The smallest absolute Gasteiger partial charge is 0.0776 e. The third-order valence-electron chi connectivity index (χ3n) is 1.70. The van der Waals surface area contributed by atoms with Crippen molar-refractivity contribution in [2.24, 2.45) is 0 Å².